The van der Waals surface area contributed by atoms with Gasteiger partial charge in [0.2, 0.25) is 0 Å². The minimum atomic E-state index is -1.26. The Balaban J connectivity index is 1.04. The SMILES string of the molecule is CCC1(NC(=O)OCC2c3ccccc3-c3ccccc32)CCC2C(CC[C@H]3C2(C)CC[C@H]2C(C)(C)C(c4ccc(C(=O)OC)cc4)=CCC23C)[C@H]1CC(C)(O)CO. The van der Waals surface area contributed by atoms with Gasteiger partial charge in [-0.05, 0) is 156 Å². The van der Waals surface area contributed by atoms with Crippen molar-refractivity contribution in [1.82, 2.24) is 5.32 Å². The third-order valence-corrected chi connectivity index (χ3v) is 16.9. The third kappa shape index (κ3) is 6.54. The number of rotatable bonds is 9. The normalized spacial score (nSPS) is 33.2. The zero-order valence-electron chi connectivity index (χ0n) is 35.8. The van der Waals surface area contributed by atoms with Crippen LogP contribution in [0.3, 0.4) is 0 Å². The molecule has 0 spiro atoms. The van der Waals surface area contributed by atoms with Crippen molar-refractivity contribution < 1.29 is 29.3 Å². The Kier molecular flexibility index (Phi) is 10.5. The number of allylic oxidation sites excluding steroid dienone is 2. The molecule has 0 radical (unpaired) electrons. The van der Waals surface area contributed by atoms with Gasteiger partial charge in [-0.2, -0.15) is 0 Å². The highest BCUT2D eigenvalue weighted by Gasteiger charge is 2.65. The van der Waals surface area contributed by atoms with E-state index in [1.54, 1.807) is 6.92 Å². The Morgan fingerprint density at radius 1 is 0.845 bits per heavy atom. The lowest BCUT2D eigenvalue weighted by atomic mass is 9.36. The Morgan fingerprint density at radius 3 is 2.12 bits per heavy atom. The number of carbonyl (C=O) groups excluding carboxylic acids is 2. The second-order valence-corrected chi connectivity index (χ2v) is 20.1. The lowest BCUT2D eigenvalue weighted by molar-refractivity contribution is -0.181. The number of alkyl carbamates (subject to hydrolysis) is 1. The van der Waals surface area contributed by atoms with Crippen molar-refractivity contribution in [3.63, 3.8) is 0 Å². The largest absolute Gasteiger partial charge is 0.465 e. The van der Waals surface area contributed by atoms with Crippen LogP contribution in [0.15, 0.2) is 78.9 Å². The first kappa shape index (κ1) is 40.8. The molecule has 5 aliphatic carbocycles. The first-order valence-corrected chi connectivity index (χ1v) is 22.0. The Hall–Kier alpha value is -3.94. The van der Waals surface area contributed by atoms with E-state index in [9.17, 15) is 19.8 Å². The summed E-state index contributed by atoms with van der Waals surface area (Å²) in [6.07, 6.45) is 10.6. The maximum Gasteiger partial charge on any atom is 0.407 e. The molecule has 0 saturated heterocycles. The van der Waals surface area contributed by atoms with Gasteiger partial charge in [0, 0.05) is 11.5 Å². The van der Waals surface area contributed by atoms with Crippen LogP contribution < -0.4 is 5.32 Å². The predicted octanol–water partition coefficient (Wildman–Crippen LogP) is 10.6. The summed E-state index contributed by atoms with van der Waals surface area (Å²) in [5.41, 5.74) is 6.29. The fourth-order valence-corrected chi connectivity index (χ4v) is 14.2. The maximum absolute atomic E-state index is 14.1. The molecule has 3 saturated carbocycles. The molecule has 0 aromatic heterocycles. The molecule has 1 amide bonds. The van der Waals surface area contributed by atoms with Crippen molar-refractivity contribution in [2.75, 3.05) is 20.3 Å². The zero-order valence-corrected chi connectivity index (χ0v) is 35.8. The summed E-state index contributed by atoms with van der Waals surface area (Å²) in [5.74, 6) is 1.46. The number of methoxy groups -OCH3 is 1. The van der Waals surface area contributed by atoms with E-state index in [1.165, 1.54) is 40.5 Å². The number of carbonyl (C=O) groups is 2. The van der Waals surface area contributed by atoms with E-state index in [2.05, 4.69) is 107 Å². The van der Waals surface area contributed by atoms with Gasteiger partial charge in [0.05, 0.1) is 24.9 Å². The second kappa shape index (κ2) is 15.0. The molecule has 0 aliphatic heterocycles. The van der Waals surface area contributed by atoms with Crippen LogP contribution in [-0.2, 0) is 9.47 Å². The first-order valence-electron chi connectivity index (χ1n) is 22.0. The Labute approximate surface area is 346 Å². The van der Waals surface area contributed by atoms with E-state index in [1.807, 2.05) is 12.1 Å². The molecule has 7 heteroatoms. The van der Waals surface area contributed by atoms with Crippen LogP contribution >= 0.6 is 0 Å². The van der Waals surface area contributed by atoms with Crippen molar-refractivity contribution in [3.05, 3.63) is 101 Å². The number of nitrogens with one attached hydrogen (secondary N) is 1. The van der Waals surface area contributed by atoms with Crippen LogP contribution in [0.5, 0.6) is 0 Å². The van der Waals surface area contributed by atoms with Crippen molar-refractivity contribution in [3.8, 4) is 11.1 Å². The monoisotopic (exact) mass is 787 g/mol. The summed E-state index contributed by atoms with van der Waals surface area (Å²) in [4.78, 5) is 26.2. The molecular formula is C51H65NO6. The number of benzene rings is 3. The highest BCUT2D eigenvalue weighted by molar-refractivity contribution is 5.90. The third-order valence-electron chi connectivity index (χ3n) is 16.9. The van der Waals surface area contributed by atoms with Crippen LogP contribution in [0.4, 0.5) is 4.79 Å². The van der Waals surface area contributed by atoms with Crippen molar-refractivity contribution in [2.45, 2.75) is 116 Å². The molecule has 7 nitrogen and oxygen atoms in total. The molecule has 58 heavy (non-hydrogen) atoms. The van der Waals surface area contributed by atoms with E-state index < -0.39 is 17.2 Å². The molecule has 0 bridgehead atoms. The number of amides is 1. The summed E-state index contributed by atoms with van der Waals surface area (Å²) in [7, 11) is 1.42. The summed E-state index contributed by atoms with van der Waals surface area (Å²) < 4.78 is 11.1. The zero-order chi connectivity index (χ0) is 41.3. The van der Waals surface area contributed by atoms with E-state index in [0.29, 0.717) is 35.7 Å². The molecule has 5 aliphatic rings. The summed E-state index contributed by atoms with van der Waals surface area (Å²) in [6, 6.07) is 24.8. The summed E-state index contributed by atoms with van der Waals surface area (Å²) in [5, 5.41) is 25.5. The fourth-order valence-electron chi connectivity index (χ4n) is 14.2. The quantitative estimate of drug-likeness (QED) is 0.187. The van der Waals surface area contributed by atoms with Gasteiger partial charge in [-0.25, -0.2) is 9.59 Å². The molecular weight excluding hydrogens is 723 g/mol. The number of aliphatic hydroxyl groups excluding tert-OH is 1. The minimum Gasteiger partial charge on any atom is -0.465 e. The van der Waals surface area contributed by atoms with Crippen LogP contribution in [0.25, 0.3) is 16.7 Å². The summed E-state index contributed by atoms with van der Waals surface area (Å²) >= 11 is 0. The number of hydrogen-bond donors (Lipinski definition) is 3. The van der Waals surface area contributed by atoms with Gasteiger partial charge in [0.25, 0.3) is 0 Å². The smallest absolute Gasteiger partial charge is 0.407 e. The average Bonchev–Trinajstić information content (AvgIpc) is 3.53. The highest BCUT2D eigenvalue weighted by atomic mass is 16.5. The van der Waals surface area contributed by atoms with Gasteiger partial charge in [0.1, 0.15) is 6.61 Å². The Morgan fingerprint density at radius 2 is 1.50 bits per heavy atom. The predicted molar refractivity (Wildman–Crippen MR) is 229 cm³/mol. The van der Waals surface area contributed by atoms with E-state index in [4.69, 9.17) is 9.47 Å². The van der Waals surface area contributed by atoms with E-state index in [-0.39, 0.29) is 47.3 Å². The van der Waals surface area contributed by atoms with Crippen molar-refractivity contribution in [1.29, 1.82) is 0 Å². The number of esters is 1. The molecule has 3 aromatic rings. The molecule has 9 atom stereocenters. The standard InChI is InChI=1S/C51H65NO6/c1-8-51(52-46(55)58-30-39-36-15-11-9-13-34(36)35-14-10-12-16-37(35)39)28-24-41-38(42(51)29-48(4,56)31-53)21-22-44-49(41,5)27-25-43-47(2,3)40(23-26-50(43,44)6)32-17-19-33(20-18-32)45(54)57-7/h9-20,23,38-39,41-44,53,56H,8,21-22,24-31H2,1-7H3,(H,52,55)/t38?,41?,42-,43+,44+,48?,49?,50?,51?/m1/s1. The van der Waals surface area contributed by atoms with Gasteiger partial charge in [0.15, 0.2) is 0 Å². The van der Waals surface area contributed by atoms with Gasteiger partial charge in [-0.15, -0.1) is 0 Å². The van der Waals surface area contributed by atoms with Crippen LogP contribution in [0.1, 0.15) is 132 Å². The molecule has 3 aromatic carbocycles. The number of fused-ring (bicyclic) bond motifs is 8. The summed E-state index contributed by atoms with van der Waals surface area (Å²) in [6.45, 7) is 13.9. The van der Waals surface area contributed by atoms with Crippen LogP contribution in [0.2, 0.25) is 0 Å². The van der Waals surface area contributed by atoms with Crippen molar-refractivity contribution in [2.24, 2.45) is 45.8 Å². The topological polar surface area (TPSA) is 105 Å². The lowest BCUT2D eigenvalue weighted by Gasteiger charge is -2.69. The molecule has 0 heterocycles. The molecule has 6 unspecified atom stereocenters. The van der Waals surface area contributed by atoms with Crippen molar-refractivity contribution >= 4 is 17.6 Å². The maximum atomic E-state index is 14.1. The van der Waals surface area contributed by atoms with Crippen LogP contribution in [0, 0.1) is 45.8 Å². The van der Waals surface area contributed by atoms with Crippen LogP contribution in [-0.4, -0.2) is 53.7 Å². The van der Waals surface area contributed by atoms with Gasteiger partial charge >= 0.3 is 12.1 Å². The highest BCUT2D eigenvalue weighted by Crippen LogP contribution is 2.72. The second-order valence-electron chi connectivity index (χ2n) is 20.1. The van der Waals surface area contributed by atoms with Gasteiger partial charge < -0.3 is 25.0 Å². The first-order chi connectivity index (χ1) is 27.6. The van der Waals surface area contributed by atoms with E-state index in [0.717, 1.165) is 51.4 Å². The number of hydrogen-bond acceptors (Lipinski definition) is 6. The fraction of sp³-hybridized carbons (Fsp3) is 0.569. The van der Waals surface area contributed by atoms with Gasteiger partial charge in [-0.1, -0.05) is 101 Å². The molecule has 310 valence electrons. The molecule has 3 fully saturated rings. The Bertz CT molecular complexity index is 2020. The number of aliphatic hydroxyl groups is 2. The molecule has 8 rings (SSSR count). The minimum absolute atomic E-state index is 0.00977. The average molecular weight is 788 g/mol. The molecule has 3 N–H and O–H groups in total. The van der Waals surface area contributed by atoms with E-state index >= 15 is 0 Å². The lowest BCUT2D eigenvalue weighted by Crippen LogP contribution is -2.66. The van der Waals surface area contributed by atoms with Gasteiger partial charge in [-0.3, -0.25) is 0 Å². The number of ether oxygens (including phenoxy) is 2.